The van der Waals surface area contributed by atoms with E-state index in [0.29, 0.717) is 23.7 Å². The maximum absolute atomic E-state index is 12.5. The lowest BCUT2D eigenvalue weighted by atomic mass is 10.1. The Balaban J connectivity index is 2.08. The van der Waals surface area contributed by atoms with Crippen LogP contribution in [0, 0.1) is 13.8 Å². The molecule has 0 aliphatic heterocycles. The predicted octanol–water partition coefficient (Wildman–Crippen LogP) is 3.16. The second-order valence-corrected chi connectivity index (χ2v) is 7.10. The minimum absolute atomic E-state index is 0.331. The minimum atomic E-state index is -0.908. The Bertz CT molecular complexity index is 810. The lowest BCUT2D eigenvalue weighted by Crippen LogP contribution is -2.37. The number of esters is 1. The van der Waals surface area contributed by atoms with Gasteiger partial charge < -0.3 is 14.8 Å². The van der Waals surface area contributed by atoms with E-state index < -0.39 is 12.1 Å². The highest BCUT2D eigenvalue weighted by Gasteiger charge is 2.21. The molecule has 0 bridgehead atoms. The van der Waals surface area contributed by atoms with E-state index in [2.05, 4.69) is 16.4 Å². The molecule has 0 fully saturated rings. The highest BCUT2D eigenvalue weighted by molar-refractivity contribution is 7.99. The van der Waals surface area contributed by atoms with Crippen LogP contribution in [-0.2, 0) is 14.3 Å². The number of methoxy groups -OCH3 is 1. The third-order valence-corrected chi connectivity index (χ3v) is 4.95. The summed E-state index contributed by atoms with van der Waals surface area (Å²) in [5.74, 6) is -0.948. The zero-order valence-electron chi connectivity index (χ0n) is 15.9. The third-order valence-electron chi connectivity index (χ3n) is 3.94. The van der Waals surface area contributed by atoms with Gasteiger partial charge in [-0.1, -0.05) is 17.8 Å². The van der Waals surface area contributed by atoms with Crippen LogP contribution >= 0.6 is 11.8 Å². The lowest BCUT2D eigenvalue weighted by molar-refractivity contribution is -0.129. The number of aromatic nitrogens is 1. The Morgan fingerprint density at radius 3 is 2.70 bits per heavy atom. The molecular formula is C20H24N2O4S. The topological polar surface area (TPSA) is 77.5 Å². The van der Waals surface area contributed by atoms with Gasteiger partial charge in [0.1, 0.15) is 5.03 Å². The van der Waals surface area contributed by atoms with Gasteiger partial charge in [0.15, 0.2) is 6.10 Å². The van der Waals surface area contributed by atoms with Crippen molar-refractivity contribution in [1.29, 1.82) is 0 Å². The first-order chi connectivity index (χ1) is 12.9. The number of nitrogens with zero attached hydrogens (tertiary/aromatic N) is 1. The van der Waals surface area contributed by atoms with Crippen LogP contribution in [0.3, 0.4) is 0 Å². The molecule has 1 aromatic heterocycles. The van der Waals surface area contributed by atoms with Gasteiger partial charge in [0.25, 0.3) is 5.91 Å². The number of benzene rings is 1. The number of amides is 1. The second kappa shape index (κ2) is 10.1. The van der Waals surface area contributed by atoms with E-state index in [9.17, 15) is 9.59 Å². The molecule has 0 saturated carbocycles. The molecule has 1 aromatic carbocycles. The summed E-state index contributed by atoms with van der Waals surface area (Å²) in [5.41, 5.74) is 2.70. The lowest BCUT2D eigenvalue weighted by Gasteiger charge is -2.14. The van der Waals surface area contributed by atoms with Crippen molar-refractivity contribution in [3.05, 3.63) is 53.2 Å². The average molecular weight is 388 g/mol. The smallest absolute Gasteiger partial charge is 0.341 e. The van der Waals surface area contributed by atoms with Crippen molar-refractivity contribution in [2.75, 3.05) is 20.3 Å². The first-order valence-electron chi connectivity index (χ1n) is 8.60. The van der Waals surface area contributed by atoms with Gasteiger partial charge in [-0.2, -0.15) is 0 Å². The minimum Gasteiger partial charge on any atom is -0.449 e. The molecule has 7 heteroatoms. The zero-order valence-corrected chi connectivity index (χ0v) is 16.8. The van der Waals surface area contributed by atoms with E-state index in [-0.39, 0.29) is 5.91 Å². The SMILES string of the molecule is COCCNC(=O)[C@@H](C)OC(=O)c1cccnc1Sc1ccc(C)c(C)c1. The van der Waals surface area contributed by atoms with Gasteiger partial charge in [-0.25, -0.2) is 9.78 Å². The van der Waals surface area contributed by atoms with Crippen LogP contribution in [0.5, 0.6) is 0 Å². The largest absolute Gasteiger partial charge is 0.449 e. The fourth-order valence-electron chi connectivity index (χ4n) is 2.21. The Kier molecular flexibility index (Phi) is 7.82. The van der Waals surface area contributed by atoms with Crippen LogP contribution in [0.25, 0.3) is 0 Å². The van der Waals surface area contributed by atoms with Gasteiger partial charge in [0.2, 0.25) is 0 Å². The van der Waals surface area contributed by atoms with E-state index in [1.165, 1.54) is 29.8 Å². The molecule has 0 unspecified atom stereocenters. The molecule has 0 radical (unpaired) electrons. The van der Waals surface area contributed by atoms with Crippen LogP contribution in [0.15, 0.2) is 46.5 Å². The monoisotopic (exact) mass is 388 g/mol. The van der Waals surface area contributed by atoms with Gasteiger partial charge in [0.05, 0.1) is 12.2 Å². The second-order valence-electron chi connectivity index (χ2n) is 6.04. The summed E-state index contributed by atoms with van der Waals surface area (Å²) < 4.78 is 10.2. The molecule has 2 rings (SSSR count). The van der Waals surface area contributed by atoms with Crippen molar-refractivity contribution < 1.29 is 19.1 Å². The fraction of sp³-hybridized carbons (Fsp3) is 0.350. The summed E-state index contributed by atoms with van der Waals surface area (Å²) >= 11 is 1.39. The van der Waals surface area contributed by atoms with Crippen LogP contribution in [0.1, 0.15) is 28.4 Å². The van der Waals surface area contributed by atoms with E-state index in [1.807, 2.05) is 26.0 Å². The van der Waals surface area contributed by atoms with Crippen molar-refractivity contribution in [3.8, 4) is 0 Å². The molecule has 0 spiro atoms. The number of rotatable bonds is 8. The fourth-order valence-corrected chi connectivity index (χ4v) is 3.18. The molecule has 27 heavy (non-hydrogen) atoms. The summed E-state index contributed by atoms with van der Waals surface area (Å²) in [5, 5.41) is 3.18. The summed E-state index contributed by atoms with van der Waals surface area (Å²) in [4.78, 5) is 29.8. The van der Waals surface area contributed by atoms with Crippen molar-refractivity contribution >= 4 is 23.6 Å². The van der Waals surface area contributed by atoms with Crippen molar-refractivity contribution in [2.24, 2.45) is 0 Å². The molecule has 0 saturated heterocycles. The number of pyridine rings is 1. The maximum Gasteiger partial charge on any atom is 0.341 e. The van der Waals surface area contributed by atoms with Gasteiger partial charge in [-0.15, -0.1) is 0 Å². The van der Waals surface area contributed by atoms with Gasteiger partial charge in [-0.3, -0.25) is 4.79 Å². The van der Waals surface area contributed by atoms with Crippen LogP contribution in [-0.4, -0.2) is 43.2 Å². The Morgan fingerprint density at radius 2 is 2.00 bits per heavy atom. The highest BCUT2D eigenvalue weighted by atomic mass is 32.2. The Hall–Kier alpha value is -2.38. The molecule has 1 heterocycles. The van der Waals surface area contributed by atoms with Crippen molar-refractivity contribution in [3.63, 3.8) is 0 Å². The molecule has 0 aliphatic carbocycles. The zero-order chi connectivity index (χ0) is 19.8. The van der Waals surface area contributed by atoms with Crippen LogP contribution in [0.2, 0.25) is 0 Å². The maximum atomic E-state index is 12.5. The van der Waals surface area contributed by atoms with E-state index >= 15 is 0 Å². The normalized spacial score (nSPS) is 11.7. The average Bonchev–Trinajstić information content (AvgIpc) is 2.65. The number of carbonyl (C=O) groups is 2. The first-order valence-corrected chi connectivity index (χ1v) is 9.41. The standard InChI is InChI=1S/C20H24N2O4S/c1-13-7-8-16(12-14(13)2)27-19-17(6-5-9-22-19)20(24)26-15(3)18(23)21-10-11-25-4/h5-9,12,15H,10-11H2,1-4H3,(H,21,23)/t15-/m1/s1. The third kappa shape index (κ3) is 6.08. The molecule has 1 N–H and O–H groups in total. The number of nitrogens with one attached hydrogen (secondary N) is 1. The molecule has 1 amide bonds. The summed E-state index contributed by atoms with van der Waals surface area (Å²) in [7, 11) is 1.55. The Morgan fingerprint density at radius 1 is 1.22 bits per heavy atom. The van der Waals surface area contributed by atoms with Gasteiger partial charge in [0, 0.05) is 24.7 Å². The number of carbonyl (C=O) groups excluding carboxylic acids is 2. The summed E-state index contributed by atoms with van der Waals surface area (Å²) in [6.45, 7) is 6.37. The number of aryl methyl sites for hydroxylation is 2. The Labute approximate surface area is 163 Å². The predicted molar refractivity (Wildman–Crippen MR) is 104 cm³/mol. The van der Waals surface area contributed by atoms with Crippen LogP contribution < -0.4 is 5.32 Å². The summed E-state index contributed by atoms with van der Waals surface area (Å²) in [6.07, 6.45) is 0.718. The van der Waals surface area contributed by atoms with Crippen LogP contribution in [0.4, 0.5) is 0 Å². The molecular weight excluding hydrogens is 364 g/mol. The summed E-state index contributed by atoms with van der Waals surface area (Å²) in [6, 6.07) is 9.39. The first kappa shape index (κ1) is 20.9. The van der Waals surface area contributed by atoms with E-state index in [4.69, 9.17) is 9.47 Å². The quantitative estimate of drug-likeness (QED) is 0.553. The van der Waals surface area contributed by atoms with E-state index in [1.54, 1.807) is 25.4 Å². The number of hydrogen-bond donors (Lipinski definition) is 1. The highest BCUT2D eigenvalue weighted by Crippen LogP contribution is 2.30. The number of hydrogen-bond acceptors (Lipinski definition) is 6. The van der Waals surface area contributed by atoms with Gasteiger partial charge in [-0.05, 0) is 56.2 Å². The molecule has 144 valence electrons. The molecule has 6 nitrogen and oxygen atoms in total. The molecule has 1 atom stereocenters. The van der Waals surface area contributed by atoms with E-state index in [0.717, 1.165) is 4.90 Å². The van der Waals surface area contributed by atoms with Crippen molar-refractivity contribution in [1.82, 2.24) is 10.3 Å². The molecule has 0 aliphatic rings. The molecule has 2 aromatic rings. The van der Waals surface area contributed by atoms with Crippen molar-refractivity contribution in [2.45, 2.75) is 36.8 Å². The van der Waals surface area contributed by atoms with Gasteiger partial charge >= 0.3 is 5.97 Å². The number of ether oxygens (including phenoxy) is 2.